The van der Waals surface area contributed by atoms with Gasteiger partial charge in [0.05, 0.1) is 17.6 Å². The Labute approximate surface area is 119 Å². The second-order valence-corrected chi connectivity index (χ2v) is 7.59. The van der Waals surface area contributed by atoms with Crippen molar-refractivity contribution in [2.24, 2.45) is 0 Å². The molecule has 1 aromatic heterocycles. The summed E-state index contributed by atoms with van der Waals surface area (Å²) >= 11 is 0. The lowest BCUT2D eigenvalue weighted by molar-refractivity contribution is 0.0635. The smallest absolute Gasteiger partial charge is 0.412 e. The quantitative estimate of drug-likeness (QED) is 0.927. The van der Waals surface area contributed by atoms with E-state index in [1.54, 1.807) is 34.6 Å². The third-order valence-corrected chi connectivity index (χ3v) is 4.04. The first kappa shape index (κ1) is 16.4. The number of carbonyl (C=O) groups excluding carboxylic acids is 1. The number of carbonyl (C=O) groups is 1. The first-order chi connectivity index (χ1) is 9.05. The normalized spacial score (nSPS) is 12.1. The molecule has 7 heteroatoms. The van der Waals surface area contributed by atoms with Gasteiger partial charge in [-0.1, -0.05) is 6.92 Å². The van der Waals surface area contributed by atoms with Crippen molar-refractivity contribution in [2.75, 3.05) is 11.1 Å². The van der Waals surface area contributed by atoms with Gasteiger partial charge in [-0.25, -0.2) is 18.2 Å². The number of nitrogens with zero attached hydrogens (tertiary/aromatic N) is 1. The number of aryl methyl sites for hydroxylation is 1. The number of aromatic nitrogens is 1. The summed E-state index contributed by atoms with van der Waals surface area (Å²) in [5, 5.41) is 2.55. The molecule has 0 aliphatic carbocycles. The summed E-state index contributed by atoms with van der Waals surface area (Å²) in [6.07, 6.45) is 0.718. The Bertz CT molecular complexity index is 603. The van der Waals surface area contributed by atoms with Gasteiger partial charge in [-0.15, -0.1) is 0 Å². The minimum Gasteiger partial charge on any atom is -0.444 e. The molecule has 0 atom stereocenters. The number of hydrogen-bond donors (Lipinski definition) is 1. The topological polar surface area (TPSA) is 85.4 Å². The zero-order valence-corrected chi connectivity index (χ0v) is 13.2. The molecule has 1 aromatic rings. The molecule has 0 radical (unpaired) electrons. The van der Waals surface area contributed by atoms with Crippen LogP contribution in [0, 0.1) is 6.92 Å². The molecule has 0 aromatic carbocycles. The molecule has 0 saturated heterocycles. The maximum Gasteiger partial charge on any atom is 0.412 e. The summed E-state index contributed by atoms with van der Waals surface area (Å²) in [7, 11) is -3.35. The SMILES string of the molecule is CCS(=O)(=O)c1cc(C)c(NC(=O)OC(C)(C)C)cn1. The second kappa shape index (κ2) is 5.78. The summed E-state index contributed by atoms with van der Waals surface area (Å²) in [5.41, 5.74) is 0.434. The fourth-order valence-corrected chi connectivity index (χ4v) is 2.26. The average Bonchev–Trinajstić information content (AvgIpc) is 2.29. The Balaban J connectivity index is 2.93. The lowest BCUT2D eigenvalue weighted by Gasteiger charge is -2.20. The van der Waals surface area contributed by atoms with E-state index in [1.165, 1.54) is 12.3 Å². The summed E-state index contributed by atoms with van der Waals surface area (Å²) in [5.74, 6) is -0.0156. The molecule has 0 fully saturated rings. The van der Waals surface area contributed by atoms with Gasteiger partial charge in [0.1, 0.15) is 5.60 Å². The highest BCUT2D eigenvalue weighted by molar-refractivity contribution is 7.91. The van der Waals surface area contributed by atoms with Gasteiger partial charge in [0.15, 0.2) is 14.9 Å². The Morgan fingerprint density at radius 2 is 2.00 bits per heavy atom. The lowest BCUT2D eigenvalue weighted by atomic mass is 10.2. The fourth-order valence-electron chi connectivity index (χ4n) is 1.39. The molecule has 1 heterocycles. The molecule has 1 N–H and O–H groups in total. The van der Waals surface area contributed by atoms with Crippen LogP contribution in [0.4, 0.5) is 10.5 Å². The van der Waals surface area contributed by atoms with Gasteiger partial charge in [-0.05, 0) is 39.3 Å². The fraction of sp³-hybridized carbons (Fsp3) is 0.538. The van der Waals surface area contributed by atoms with Gasteiger partial charge >= 0.3 is 6.09 Å². The number of amides is 1. The van der Waals surface area contributed by atoms with Crippen LogP contribution in [-0.4, -0.2) is 30.8 Å². The van der Waals surface area contributed by atoms with Crippen molar-refractivity contribution in [3.05, 3.63) is 17.8 Å². The van der Waals surface area contributed by atoms with E-state index < -0.39 is 21.5 Å². The van der Waals surface area contributed by atoms with Crippen molar-refractivity contribution in [3.63, 3.8) is 0 Å². The van der Waals surface area contributed by atoms with E-state index in [-0.39, 0.29) is 10.8 Å². The monoisotopic (exact) mass is 300 g/mol. The van der Waals surface area contributed by atoms with Gasteiger partial charge in [-0.3, -0.25) is 5.32 Å². The van der Waals surface area contributed by atoms with Gasteiger partial charge in [0, 0.05) is 0 Å². The zero-order chi connectivity index (χ0) is 15.6. The van der Waals surface area contributed by atoms with Crippen LogP contribution in [0.5, 0.6) is 0 Å². The molecular weight excluding hydrogens is 280 g/mol. The Morgan fingerprint density at radius 1 is 1.40 bits per heavy atom. The predicted molar refractivity (Wildman–Crippen MR) is 76.6 cm³/mol. The van der Waals surface area contributed by atoms with Gasteiger partial charge < -0.3 is 4.74 Å². The van der Waals surface area contributed by atoms with Crippen molar-refractivity contribution in [3.8, 4) is 0 Å². The summed E-state index contributed by atoms with van der Waals surface area (Å²) in [6.45, 7) is 8.53. The number of nitrogens with one attached hydrogen (secondary N) is 1. The molecule has 0 spiro atoms. The van der Waals surface area contributed by atoms with Crippen molar-refractivity contribution in [1.82, 2.24) is 4.98 Å². The van der Waals surface area contributed by atoms with Crippen LogP contribution in [0.3, 0.4) is 0 Å². The minimum absolute atomic E-state index is 0.00670. The van der Waals surface area contributed by atoms with Crippen LogP contribution >= 0.6 is 0 Å². The summed E-state index contributed by atoms with van der Waals surface area (Å²) < 4.78 is 28.5. The highest BCUT2D eigenvalue weighted by Crippen LogP contribution is 2.19. The number of ether oxygens (including phenoxy) is 1. The third-order valence-electron chi connectivity index (χ3n) is 2.42. The van der Waals surface area contributed by atoms with Gasteiger partial charge in [-0.2, -0.15) is 0 Å². The first-order valence-corrected chi connectivity index (χ1v) is 7.90. The average molecular weight is 300 g/mol. The maximum atomic E-state index is 11.7. The number of anilines is 1. The van der Waals surface area contributed by atoms with E-state index in [9.17, 15) is 13.2 Å². The standard InChI is InChI=1S/C13H20N2O4S/c1-6-20(17,18)11-7-9(2)10(8-14-11)15-12(16)19-13(3,4)5/h7-8H,6H2,1-5H3,(H,15,16). The zero-order valence-electron chi connectivity index (χ0n) is 12.4. The van der Waals surface area contributed by atoms with Crippen LogP contribution in [0.1, 0.15) is 33.3 Å². The molecule has 0 unspecified atom stereocenters. The molecule has 6 nitrogen and oxygen atoms in total. The molecular formula is C13H20N2O4S. The van der Waals surface area contributed by atoms with Crippen LogP contribution in [0.2, 0.25) is 0 Å². The third kappa shape index (κ3) is 4.48. The number of sulfone groups is 1. The van der Waals surface area contributed by atoms with Crippen LogP contribution < -0.4 is 5.32 Å². The minimum atomic E-state index is -3.35. The highest BCUT2D eigenvalue weighted by Gasteiger charge is 2.18. The largest absolute Gasteiger partial charge is 0.444 e. The Hall–Kier alpha value is -1.63. The van der Waals surface area contributed by atoms with E-state index in [1.807, 2.05) is 0 Å². The van der Waals surface area contributed by atoms with E-state index in [2.05, 4.69) is 10.3 Å². The Morgan fingerprint density at radius 3 is 2.45 bits per heavy atom. The van der Waals surface area contributed by atoms with Gasteiger partial charge in [0.25, 0.3) is 0 Å². The highest BCUT2D eigenvalue weighted by atomic mass is 32.2. The van der Waals surface area contributed by atoms with E-state index in [4.69, 9.17) is 4.74 Å². The summed E-state index contributed by atoms with van der Waals surface area (Å²) in [4.78, 5) is 15.5. The van der Waals surface area contributed by atoms with Crippen molar-refractivity contribution >= 4 is 21.6 Å². The second-order valence-electron chi connectivity index (χ2n) is 5.37. The van der Waals surface area contributed by atoms with Crippen LogP contribution in [-0.2, 0) is 14.6 Å². The number of rotatable bonds is 3. The number of pyridine rings is 1. The molecule has 1 rings (SSSR count). The van der Waals surface area contributed by atoms with Crippen molar-refractivity contribution in [1.29, 1.82) is 0 Å². The molecule has 0 aliphatic heterocycles. The van der Waals surface area contributed by atoms with Gasteiger partial charge in [0.2, 0.25) is 0 Å². The molecule has 112 valence electrons. The van der Waals surface area contributed by atoms with E-state index >= 15 is 0 Å². The van der Waals surface area contributed by atoms with Crippen LogP contribution in [0.15, 0.2) is 17.3 Å². The molecule has 20 heavy (non-hydrogen) atoms. The summed E-state index contributed by atoms with van der Waals surface area (Å²) in [6, 6.07) is 1.44. The van der Waals surface area contributed by atoms with Crippen molar-refractivity contribution in [2.45, 2.75) is 45.2 Å². The number of hydrogen-bond acceptors (Lipinski definition) is 5. The lowest BCUT2D eigenvalue weighted by Crippen LogP contribution is -2.27. The Kier molecular flexibility index (Phi) is 4.75. The predicted octanol–water partition coefficient (Wildman–Crippen LogP) is 2.53. The van der Waals surface area contributed by atoms with E-state index in [0.29, 0.717) is 11.3 Å². The van der Waals surface area contributed by atoms with Crippen LogP contribution in [0.25, 0.3) is 0 Å². The maximum absolute atomic E-state index is 11.7. The first-order valence-electron chi connectivity index (χ1n) is 6.24. The molecule has 0 aliphatic rings. The van der Waals surface area contributed by atoms with E-state index in [0.717, 1.165) is 0 Å². The molecule has 0 saturated carbocycles. The molecule has 1 amide bonds. The van der Waals surface area contributed by atoms with Crippen molar-refractivity contribution < 1.29 is 17.9 Å². The molecule has 0 bridgehead atoms.